The lowest BCUT2D eigenvalue weighted by Crippen LogP contribution is -2.01. The van der Waals surface area contributed by atoms with Crippen molar-refractivity contribution in [2.45, 2.75) is 4.90 Å². The number of Topliss-reactive ketones (excluding diaryl/α,β-unsaturated/α-hetero) is 1. The fourth-order valence-electron chi connectivity index (χ4n) is 1.38. The molecule has 18 heavy (non-hydrogen) atoms. The third-order valence-corrected chi connectivity index (χ3v) is 3.28. The summed E-state index contributed by atoms with van der Waals surface area (Å²) in [7, 11) is 0. The maximum atomic E-state index is 11.7. The zero-order valence-electron chi connectivity index (χ0n) is 9.24. The van der Waals surface area contributed by atoms with E-state index in [4.69, 9.17) is 4.42 Å². The van der Waals surface area contributed by atoms with Gasteiger partial charge in [-0.3, -0.25) is 14.9 Å². The summed E-state index contributed by atoms with van der Waals surface area (Å²) in [6.45, 7) is 0. The number of carbonyl (C=O) groups excluding carboxylic acids is 1. The molecule has 0 aliphatic rings. The Morgan fingerprint density at radius 2 is 2.06 bits per heavy atom. The molecule has 2 rings (SSSR count). The van der Waals surface area contributed by atoms with E-state index in [2.05, 4.69) is 0 Å². The third-order valence-electron chi connectivity index (χ3n) is 2.22. The number of furan rings is 1. The van der Waals surface area contributed by atoms with E-state index < -0.39 is 4.92 Å². The van der Waals surface area contributed by atoms with Crippen molar-refractivity contribution in [1.29, 1.82) is 0 Å². The van der Waals surface area contributed by atoms with Gasteiger partial charge in [0.2, 0.25) is 5.78 Å². The second-order valence-corrected chi connectivity index (χ2v) is 4.43. The van der Waals surface area contributed by atoms with Gasteiger partial charge in [-0.2, -0.15) is 0 Å². The minimum Gasteiger partial charge on any atom is -0.461 e. The molecule has 1 aromatic carbocycles. The van der Waals surface area contributed by atoms with Crippen molar-refractivity contribution in [3.05, 3.63) is 58.5 Å². The Hall–Kier alpha value is -2.08. The molecule has 2 aromatic rings. The quantitative estimate of drug-likeness (QED) is 0.358. The highest BCUT2D eigenvalue weighted by Gasteiger charge is 2.15. The average Bonchev–Trinajstić information content (AvgIpc) is 2.90. The molecule has 0 aliphatic carbocycles. The van der Waals surface area contributed by atoms with Crippen LogP contribution in [0.1, 0.15) is 10.6 Å². The Morgan fingerprint density at radius 3 is 2.72 bits per heavy atom. The van der Waals surface area contributed by atoms with Crippen molar-refractivity contribution in [3.63, 3.8) is 0 Å². The molecular formula is C12H9NO4S. The van der Waals surface area contributed by atoms with E-state index in [1.807, 2.05) is 0 Å². The van der Waals surface area contributed by atoms with Crippen molar-refractivity contribution >= 4 is 23.2 Å². The van der Waals surface area contributed by atoms with Crippen LogP contribution in [-0.2, 0) is 0 Å². The molecule has 1 heterocycles. The van der Waals surface area contributed by atoms with Gasteiger partial charge < -0.3 is 4.42 Å². The molecule has 0 N–H and O–H groups in total. The van der Waals surface area contributed by atoms with Crippen LogP contribution in [0.25, 0.3) is 0 Å². The molecule has 0 saturated carbocycles. The topological polar surface area (TPSA) is 73.3 Å². The summed E-state index contributed by atoms with van der Waals surface area (Å²) >= 11 is 1.13. The van der Waals surface area contributed by atoms with Gasteiger partial charge in [-0.05, 0) is 18.2 Å². The van der Waals surface area contributed by atoms with E-state index in [0.717, 1.165) is 11.8 Å². The highest BCUT2D eigenvalue weighted by molar-refractivity contribution is 8.00. The molecular weight excluding hydrogens is 254 g/mol. The van der Waals surface area contributed by atoms with Crippen LogP contribution in [0, 0.1) is 10.1 Å². The molecule has 0 fully saturated rings. The Morgan fingerprint density at radius 1 is 1.28 bits per heavy atom. The first kappa shape index (κ1) is 12.4. The van der Waals surface area contributed by atoms with E-state index in [9.17, 15) is 14.9 Å². The van der Waals surface area contributed by atoms with Gasteiger partial charge in [-0.15, -0.1) is 11.8 Å². The molecule has 0 atom stereocenters. The molecule has 0 bridgehead atoms. The number of nitro groups is 1. The van der Waals surface area contributed by atoms with Crippen LogP contribution in [-0.4, -0.2) is 16.5 Å². The van der Waals surface area contributed by atoms with Gasteiger partial charge in [-0.1, -0.05) is 12.1 Å². The number of thioether (sulfide) groups is 1. The Balaban J connectivity index is 2.07. The summed E-state index contributed by atoms with van der Waals surface area (Å²) in [4.78, 5) is 22.5. The first-order valence-electron chi connectivity index (χ1n) is 5.11. The van der Waals surface area contributed by atoms with E-state index in [-0.39, 0.29) is 23.0 Å². The first-order chi connectivity index (χ1) is 8.68. The molecule has 6 heteroatoms. The second kappa shape index (κ2) is 5.50. The minimum atomic E-state index is -0.459. The number of rotatable bonds is 5. The van der Waals surface area contributed by atoms with E-state index in [0.29, 0.717) is 4.90 Å². The molecule has 0 amide bonds. The van der Waals surface area contributed by atoms with Crippen LogP contribution >= 0.6 is 11.8 Å². The molecule has 1 aromatic heterocycles. The molecule has 0 saturated heterocycles. The summed E-state index contributed by atoms with van der Waals surface area (Å²) < 4.78 is 4.96. The number of hydrogen-bond donors (Lipinski definition) is 0. The van der Waals surface area contributed by atoms with Crippen LogP contribution in [0.3, 0.4) is 0 Å². The molecule has 0 radical (unpaired) electrons. The van der Waals surface area contributed by atoms with Crippen LogP contribution in [0.4, 0.5) is 5.69 Å². The average molecular weight is 263 g/mol. The SMILES string of the molecule is O=C(CSc1ccccc1[N+](=O)[O-])c1ccco1. The van der Waals surface area contributed by atoms with Crippen LogP contribution in [0.2, 0.25) is 0 Å². The highest BCUT2D eigenvalue weighted by Crippen LogP contribution is 2.29. The monoisotopic (exact) mass is 263 g/mol. The third kappa shape index (κ3) is 2.78. The van der Waals surface area contributed by atoms with Crippen molar-refractivity contribution in [2.24, 2.45) is 0 Å². The van der Waals surface area contributed by atoms with Gasteiger partial charge >= 0.3 is 0 Å². The lowest BCUT2D eigenvalue weighted by molar-refractivity contribution is -0.387. The Kier molecular flexibility index (Phi) is 3.78. The molecule has 0 spiro atoms. The van der Waals surface area contributed by atoms with Crippen molar-refractivity contribution in [3.8, 4) is 0 Å². The zero-order chi connectivity index (χ0) is 13.0. The number of para-hydroxylation sites is 1. The van der Waals surface area contributed by atoms with Crippen molar-refractivity contribution in [1.82, 2.24) is 0 Å². The number of nitro benzene ring substituents is 1. The molecule has 92 valence electrons. The van der Waals surface area contributed by atoms with Gasteiger partial charge in [0, 0.05) is 6.07 Å². The summed E-state index contributed by atoms with van der Waals surface area (Å²) in [6, 6.07) is 9.53. The normalized spacial score (nSPS) is 10.2. The van der Waals surface area contributed by atoms with Gasteiger partial charge in [0.15, 0.2) is 5.76 Å². The maximum absolute atomic E-state index is 11.7. The van der Waals surface area contributed by atoms with Crippen LogP contribution in [0.5, 0.6) is 0 Å². The summed E-state index contributed by atoms with van der Waals surface area (Å²) in [5.74, 6) is 0.183. The van der Waals surface area contributed by atoms with E-state index in [1.165, 1.54) is 12.3 Å². The number of carbonyl (C=O) groups is 1. The fraction of sp³-hybridized carbons (Fsp3) is 0.0833. The van der Waals surface area contributed by atoms with Gasteiger partial charge in [-0.25, -0.2) is 0 Å². The van der Waals surface area contributed by atoms with E-state index in [1.54, 1.807) is 30.3 Å². The summed E-state index contributed by atoms with van der Waals surface area (Å²) in [5.41, 5.74) is 0.00902. The Labute approximate surface area is 107 Å². The van der Waals surface area contributed by atoms with Gasteiger partial charge in [0.05, 0.1) is 21.8 Å². The summed E-state index contributed by atoms with van der Waals surface area (Å²) in [6.07, 6.45) is 1.42. The largest absolute Gasteiger partial charge is 0.461 e. The number of benzene rings is 1. The predicted molar refractivity (Wildman–Crippen MR) is 66.9 cm³/mol. The number of ketones is 1. The minimum absolute atomic E-state index is 0.00902. The van der Waals surface area contributed by atoms with Crippen molar-refractivity contribution in [2.75, 3.05) is 5.75 Å². The smallest absolute Gasteiger partial charge is 0.282 e. The first-order valence-corrected chi connectivity index (χ1v) is 6.10. The van der Waals surface area contributed by atoms with Gasteiger partial charge in [0.25, 0.3) is 5.69 Å². The predicted octanol–water partition coefficient (Wildman–Crippen LogP) is 3.16. The Bertz CT molecular complexity index is 565. The van der Waals surface area contributed by atoms with Crippen LogP contribution in [0.15, 0.2) is 52.0 Å². The van der Waals surface area contributed by atoms with Crippen molar-refractivity contribution < 1.29 is 14.1 Å². The lowest BCUT2D eigenvalue weighted by atomic mass is 10.3. The number of hydrogen-bond acceptors (Lipinski definition) is 5. The van der Waals surface area contributed by atoms with Crippen LogP contribution < -0.4 is 0 Å². The zero-order valence-corrected chi connectivity index (χ0v) is 10.1. The number of nitrogens with zero attached hydrogens (tertiary/aromatic N) is 1. The second-order valence-electron chi connectivity index (χ2n) is 3.41. The lowest BCUT2D eigenvalue weighted by Gasteiger charge is -2.01. The van der Waals surface area contributed by atoms with E-state index >= 15 is 0 Å². The molecule has 0 aliphatic heterocycles. The maximum Gasteiger partial charge on any atom is 0.282 e. The highest BCUT2D eigenvalue weighted by atomic mass is 32.2. The summed E-state index contributed by atoms with van der Waals surface area (Å²) in [5, 5.41) is 10.8. The fourth-order valence-corrected chi connectivity index (χ4v) is 2.28. The molecule has 0 unspecified atom stereocenters. The van der Waals surface area contributed by atoms with Gasteiger partial charge in [0.1, 0.15) is 0 Å². The molecule has 5 nitrogen and oxygen atoms in total. The standard InChI is InChI=1S/C12H9NO4S/c14-10(11-5-3-7-17-11)8-18-12-6-2-1-4-9(12)13(15)16/h1-7H,8H2.